The van der Waals surface area contributed by atoms with E-state index in [0.717, 1.165) is 18.7 Å². The van der Waals surface area contributed by atoms with Crippen molar-refractivity contribution in [3.8, 4) is 11.3 Å². The molecule has 6 nitrogen and oxygen atoms in total. The van der Waals surface area contributed by atoms with Crippen LogP contribution < -0.4 is 5.43 Å². The Morgan fingerprint density at radius 3 is 2.23 bits per heavy atom. The third-order valence-corrected chi connectivity index (χ3v) is 5.33. The van der Waals surface area contributed by atoms with Gasteiger partial charge in [0, 0.05) is 24.2 Å². The van der Waals surface area contributed by atoms with Crippen molar-refractivity contribution in [2.45, 2.75) is 39.3 Å². The molecule has 0 bridgehead atoms. The minimum Gasteiger partial charge on any atom is -0.478 e. The highest BCUT2D eigenvalue weighted by molar-refractivity contribution is 6.01. The van der Waals surface area contributed by atoms with Crippen molar-refractivity contribution in [2.75, 3.05) is 13.1 Å². The van der Waals surface area contributed by atoms with Crippen LogP contribution in [0.1, 0.15) is 42.1 Å². The van der Waals surface area contributed by atoms with Crippen molar-refractivity contribution in [3.05, 3.63) is 69.9 Å². The number of aliphatic hydroxyl groups excluding tert-OH is 1. The zero-order valence-electron chi connectivity index (χ0n) is 17.7. The summed E-state index contributed by atoms with van der Waals surface area (Å²) in [4.78, 5) is 25.9. The largest absolute Gasteiger partial charge is 0.478 e. The Bertz CT molecular complexity index is 1070. The van der Waals surface area contributed by atoms with Gasteiger partial charge in [-0.2, -0.15) is 0 Å². The van der Waals surface area contributed by atoms with Gasteiger partial charge >= 0.3 is 5.97 Å². The first-order valence-electron chi connectivity index (χ1n) is 10.2. The van der Waals surface area contributed by atoms with E-state index in [-0.39, 0.29) is 40.6 Å². The molecule has 2 N–H and O–H groups in total. The molecular formula is C24H28ClNO5. The van der Waals surface area contributed by atoms with Gasteiger partial charge in [-0.15, -0.1) is 12.4 Å². The zero-order chi connectivity index (χ0) is 21.7. The second-order valence-electron chi connectivity index (χ2n) is 7.47. The van der Waals surface area contributed by atoms with Crippen molar-refractivity contribution >= 4 is 29.3 Å². The molecule has 3 aromatic rings. The monoisotopic (exact) mass is 445 g/mol. The van der Waals surface area contributed by atoms with Crippen LogP contribution in [-0.4, -0.2) is 40.4 Å². The molecule has 1 unspecified atom stereocenters. The van der Waals surface area contributed by atoms with E-state index >= 15 is 0 Å². The number of nitrogens with zero attached hydrogens (tertiary/aromatic N) is 1. The van der Waals surface area contributed by atoms with E-state index in [4.69, 9.17) is 9.52 Å². The Hall–Kier alpha value is -2.67. The summed E-state index contributed by atoms with van der Waals surface area (Å²) in [5.74, 6) is -0.714. The van der Waals surface area contributed by atoms with E-state index in [1.807, 2.05) is 37.3 Å². The second kappa shape index (κ2) is 11.1. The number of piperidine rings is 1. The van der Waals surface area contributed by atoms with Gasteiger partial charge in [-0.25, -0.2) is 4.79 Å². The van der Waals surface area contributed by atoms with Gasteiger partial charge in [0.15, 0.2) is 11.0 Å². The summed E-state index contributed by atoms with van der Waals surface area (Å²) in [6, 6.07) is 13.7. The SMILES string of the molecule is CC(O)N1CCCCC1.Cc1c(-c2ccccc2)oc2c(C(=O)O)cccc2c1=O.Cl. The molecule has 1 aromatic heterocycles. The molecule has 1 aliphatic heterocycles. The molecule has 0 radical (unpaired) electrons. The van der Waals surface area contributed by atoms with Gasteiger partial charge in [-0.3, -0.25) is 9.69 Å². The predicted octanol–water partition coefficient (Wildman–Crippen LogP) is 4.70. The van der Waals surface area contributed by atoms with Crippen LogP contribution in [0.5, 0.6) is 0 Å². The molecule has 1 atom stereocenters. The van der Waals surface area contributed by atoms with Crippen molar-refractivity contribution < 1.29 is 19.4 Å². The first kappa shape index (κ1) is 24.6. The third-order valence-electron chi connectivity index (χ3n) is 5.33. The van der Waals surface area contributed by atoms with Gasteiger partial charge < -0.3 is 14.6 Å². The lowest BCUT2D eigenvalue weighted by Gasteiger charge is -2.28. The normalized spacial score (nSPS) is 14.8. The Kier molecular flexibility index (Phi) is 8.80. The molecule has 1 aliphatic rings. The molecular weight excluding hydrogens is 418 g/mol. The topological polar surface area (TPSA) is 91.0 Å². The van der Waals surface area contributed by atoms with Crippen LogP contribution in [0.4, 0.5) is 0 Å². The van der Waals surface area contributed by atoms with Crippen LogP contribution in [0.3, 0.4) is 0 Å². The summed E-state index contributed by atoms with van der Waals surface area (Å²) < 4.78 is 5.77. The standard InChI is InChI=1S/C17H12O4.C7H15NO.ClH/c1-10-14(18)12-8-5-9-13(17(19)20)16(12)21-15(10)11-6-3-2-4-7-11;1-7(9)8-5-3-2-4-6-8;/h2-9H,1H3,(H,19,20);7,9H,2-6H2,1H3;1H. The number of halogens is 1. The van der Waals surface area contributed by atoms with Crippen LogP contribution in [0, 0.1) is 6.92 Å². The molecule has 31 heavy (non-hydrogen) atoms. The number of aromatic carboxylic acids is 1. The Morgan fingerprint density at radius 2 is 1.68 bits per heavy atom. The van der Waals surface area contributed by atoms with Crippen LogP contribution in [0.25, 0.3) is 22.3 Å². The first-order valence-corrected chi connectivity index (χ1v) is 10.2. The van der Waals surface area contributed by atoms with E-state index in [2.05, 4.69) is 4.90 Å². The molecule has 0 amide bonds. The van der Waals surface area contributed by atoms with Gasteiger partial charge in [0.1, 0.15) is 17.6 Å². The fourth-order valence-electron chi connectivity index (χ4n) is 3.63. The highest BCUT2D eigenvalue weighted by atomic mass is 35.5. The number of fused-ring (bicyclic) bond motifs is 1. The average molecular weight is 446 g/mol. The summed E-state index contributed by atoms with van der Waals surface area (Å²) in [6.45, 7) is 5.68. The molecule has 2 aromatic carbocycles. The molecule has 1 fully saturated rings. The fraction of sp³-hybridized carbons (Fsp3) is 0.333. The number of hydrogen-bond donors (Lipinski definition) is 2. The molecule has 1 saturated heterocycles. The Labute approximate surface area is 187 Å². The molecule has 0 saturated carbocycles. The maximum Gasteiger partial charge on any atom is 0.339 e. The van der Waals surface area contributed by atoms with Gasteiger partial charge in [0.25, 0.3) is 0 Å². The smallest absolute Gasteiger partial charge is 0.339 e. The highest BCUT2D eigenvalue weighted by Crippen LogP contribution is 2.27. The van der Waals surface area contributed by atoms with Gasteiger partial charge in [0.2, 0.25) is 0 Å². The van der Waals surface area contributed by atoms with Gasteiger partial charge in [0.05, 0.1) is 5.39 Å². The second-order valence-corrected chi connectivity index (χ2v) is 7.47. The summed E-state index contributed by atoms with van der Waals surface area (Å²) in [5.41, 5.74) is 1.10. The number of para-hydroxylation sites is 1. The fourth-order valence-corrected chi connectivity index (χ4v) is 3.63. The third kappa shape index (κ3) is 5.73. The minimum absolute atomic E-state index is 0. The van der Waals surface area contributed by atoms with Gasteiger partial charge in [-0.1, -0.05) is 42.8 Å². The number of carboxylic acids is 1. The van der Waals surface area contributed by atoms with Crippen LogP contribution in [-0.2, 0) is 0 Å². The average Bonchev–Trinajstić information content (AvgIpc) is 2.77. The van der Waals surface area contributed by atoms with Crippen molar-refractivity contribution in [1.29, 1.82) is 0 Å². The molecule has 7 heteroatoms. The Balaban J connectivity index is 0.000000289. The summed E-state index contributed by atoms with van der Waals surface area (Å²) >= 11 is 0. The molecule has 4 rings (SSSR count). The number of aliphatic hydroxyl groups is 1. The number of carboxylic acid groups (broad SMARTS) is 1. The molecule has 2 heterocycles. The molecule has 0 spiro atoms. The lowest BCUT2D eigenvalue weighted by atomic mass is 10.0. The quantitative estimate of drug-likeness (QED) is 0.607. The first-order chi connectivity index (χ1) is 14.4. The molecule has 0 aliphatic carbocycles. The lowest BCUT2D eigenvalue weighted by molar-refractivity contribution is 0.00665. The maximum absolute atomic E-state index is 12.4. The minimum atomic E-state index is -1.12. The number of benzene rings is 2. The maximum atomic E-state index is 12.4. The Morgan fingerprint density at radius 1 is 1.03 bits per heavy atom. The number of rotatable bonds is 3. The van der Waals surface area contributed by atoms with Crippen LogP contribution in [0.15, 0.2) is 57.7 Å². The van der Waals surface area contributed by atoms with Crippen molar-refractivity contribution in [2.24, 2.45) is 0 Å². The van der Waals surface area contributed by atoms with E-state index in [0.29, 0.717) is 11.3 Å². The lowest BCUT2D eigenvalue weighted by Crippen LogP contribution is -2.36. The van der Waals surface area contributed by atoms with Crippen molar-refractivity contribution in [1.82, 2.24) is 4.90 Å². The molecule has 166 valence electrons. The number of hydrogen-bond acceptors (Lipinski definition) is 5. The zero-order valence-corrected chi connectivity index (χ0v) is 18.5. The predicted molar refractivity (Wildman–Crippen MR) is 124 cm³/mol. The van der Waals surface area contributed by atoms with E-state index in [1.54, 1.807) is 19.1 Å². The van der Waals surface area contributed by atoms with Crippen LogP contribution in [0.2, 0.25) is 0 Å². The van der Waals surface area contributed by atoms with Gasteiger partial charge in [-0.05, 0) is 38.8 Å². The number of likely N-dealkylation sites (tertiary alicyclic amines) is 1. The summed E-state index contributed by atoms with van der Waals surface area (Å²) in [7, 11) is 0. The van der Waals surface area contributed by atoms with E-state index in [1.165, 1.54) is 25.3 Å². The highest BCUT2D eigenvalue weighted by Gasteiger charge is 2.17. The van der Waals surface area contributed by atoms with Crippen LogP contribution >= 0.6 is 12.4 Å². The number of carbonyl (C=O) groups is 1. The van der Waals surface area contributed by atoms with E-state index < -0.39 is 5.97 Å². The van der Waals surface area contributed by atoms with E-state index in [9.17, 15) is 14.7 Å². The summed E-state index contributed by atoms with van der Waals surface area (Å²) in [5, 5.41) is 18.6. The van der Waals surface area contributed by atoms with Crippen molar-refractivity contribution in [3.63, 3.8) is 0 Å². The summed E-state index contributed by atoms with van der Waals surface area (Å²) in [6.07, 6.45) is 3.62.